The zero-order valence-corrected chi connectivity index (χ0v) is 17.4. The average molecular weight is 351 g/mol. The molecule has 3 heteroatoms. The van der Waals surface area contributed by atoms with Gasteiger partial charge in [-0.2, -0.15) is 0 Å². The molecule has 0 amide bonds. The van der Waals surface area contributed by atoms with Crippen LogP contribution in [0.25, 0.3) is 0 Å². The van der Waals surface area contributed by atoms with Crippen LogP contribution in [0.3, 0.4) is 0 Å². The van der Waals surface area contributed by atoms with Crippen LogP contribution >= 0.6 is 0 Å². The van der Waals surface area contributed by atoms with E-state index in [0.717, 1.165) is 25.7 Å². The van der Waals surface area contributed by atoms with Gasteiger partial charge in [-0.15, -0.1) is 0 Å². The van der Waals surface area contributed by atoms with Gasteiger partial charge in [0.1, 0.15) is 6.10 Å². The van der Waals surface area contributed by atoms with Crippen molar-refractivity contribution < 1.29 is 14.3 Å². The second kappa shape index (κ2) is 7.42. The predicted molar refractivity (Wildman–Crippen MR) is 102 cm³/mol. The molecule has 3 aliphatic carbocycles. The highest BCUT2D eigenvalue weighted by atomic mass is 16.6. The van der Waals surface area contributed by atoms with Gasteiger partial charge >= 0.3 is 5.97 Å². The number of ether oxygens (including phenoxy) is 2. The third-order valence-corrected chi connectivity index (χ3v) is 7.48. The van der Waals surface area contributed by atoms with Gasteiger partial charge in [-0.1, -0.05) is 54.0 Å². The zero-order valence-electron chi connectivity index (χ0n) is 17.4. The van der Waals surface area contributed by atoms with Gasteiger partial charge in [-0.05, 0) is 49.4 Å². The molecular formula is C22H38O3. The van der Waals surface area contributed by atoms with Crippen LogP contribution in [0, 0.1) is 28.6 Å². The van der Waals surface area contributed by atoms with E-state index in [1.165, 1.54) is 6.42 Å². The number of fused-ring (bicyclic) bond motifs is 4. The maximum atomic E-state index is 12.5. The van der Waals surface area contributed by atoms with Crippen LogP contribution in [-0.2, 0) is 14.3 Å². The van der Waals surface area contributed by atoms with Crippen molar-refractivity contribution in [2.24, 2.45) is 28.6 Å². The smallest absolute Gasteiger partial charge is 0.333 e. The van der Waals surface area contributed by atoms with E-state index in [1.54, 1.807) is 14.0 Å². The SMILES string of the molecule is C=C(C)C(=O)OC1C(OC)C2(C)CCC1(C(C)C)C(CC)C(CC)C2. The molecule has 0 spiro atoms. The Morgan fingerprint density at radius 2 is 1.84 bits per heavy atom. The number of rotatable bonds is 6. The molecule has 3 saturated carbocycles. The van der Waals surface area contributed by atoms with Crippen LogP contribution in [0.4, 0.5) is 0 Å². The van der Waals surface area contributed by atoms with Crippen LogP contribution in [0.2, 0.25) is 0 Å². The second-order valence-electron chi connectivity index (χ2n) is 9.07. The summed E-state index contributed by atoms with van der Waals surface area (Å²) in [4.78, 5) is 12.5. The van der Waals surface area contributed by atoms with E-state index in [-0.39, 0.29) is 29.0 Å². The number of hydrogen-bond donors (Lipinski definition) is 0. The highest BCUT2D eigenvalue weighted by Crippen LogP contribution is 2.64. The van der Waals surface area contributed by atoms with Crippen molar-refractivity contribution in [1.29, 1.82) is 0 Å². The summed E-state index contributed by atoms with van der Waals surface area (Å²) in [5.41, 5.74) is 0.522. The Kier molecular flexibility index (Phi) is 6.08. The highest BCUT2D eigenvalue weighted by Gasteiger charge is 2.64. The minimum atomic E-state index is -0.272. The minimum absolute atomic E-state index is 0.0166. The third-order valence-electron chi connectivity index (χ3n) is 7.48. The molecule has 6 unspecified atom stereocenters. The molecule has 25 heavy (non-hydrogen) atoms. The quantitative estimate of drug-likeness (QED) is 0.476. The first-order valence-electron chi connectivity index (χ1n) is 10.1. The molecular weight excluding hydrogens is 312 g/mol. The summed E-state index contributed by atoms with van der Waals surface area (Å²) in [7, 11) is 1.79. The molecule has 0 saturated heterocycles. The molecule has 0 radical (unpaired) electrons. The fourth-order valence-electron chi connectivity index (χ4n) is 6.21. The number of esters is 1. The lowest BCUT2D eigenvalue weighted by atomic mass is 9.54. The van der Waals surface area contributed by atoms with Gasteiger partial charge < -0.3 is 9.47 Å². The van der Waals surface area contributed by atoms with Crippen molar-refractivity contribution in [3.05, 3.63) is 12.2 Å². The van der Waals surface area contributed by atoms with E-state index in [4.69, 9.17) is 9.47 Å². The van der Waals surface area contributed by atoms with Crippen molar-refractivity contribution in [3.8, 4) is 0 Å². The fraction of sp³-hybridized carbons (Fsp3) is 0.864. The van der Waals surface area contributed by atoms with Gasteiger partial charge in [0.05, 0.1) is 6.10 Å². The number of hydrogen-bond acceptors (Lipinski definition) is 3. The van der Waals surface area contributed by atoms with Gasteiger partial charge in [-0.25, -0.2) is 4.79 Å². The van der Waals surface area contributed by atoms with E-state index >= 15 is 0 Å². The largest absolute Gasteiger partial charge is 0.456 e. The van der Waals surface area contributed by atoms with Gasteiger partial charge in [0.2, 0.25) is 0 Å². The number of carbonyl (C=O) groups is 1. The predicted octanol–water partition coefficient (Wildman–Crippen LogP) is 5.39. The number of carbonyl (C=O) groups excluding carboxylic acids is 1. The summed E-state index contributed by atoms with van der Waals surface area (Å²) in [6.07, 6.45) is 5.50. The van der Waals surface area contributed by atoms with E-state index in [2.05, 4.69) is 41.2 Å². The van der Waals surface area contributed by atoms with E-state index < -0.39 is 0 Å². The molecule has 0 aromatic carbocycles. The normalized spacial score (nSPS) is 40.8. The van der Waals surface area contributed by atoms with Crippen LogP contribution < -0.4 is 0 Å². The third kappa shape index (κ3) is 3.18. The Morgan fingerprint density at radius 1 is 1.20 bits per heavy atom. The lowest BCUT2D eigenvalue weighted by Crippen LogP contribution is -2.59. The maximum Gasteiger partial charge on any atom is 0.333 e. The molecule has 3 aliphatic rings. The molecule has 3 rings (SSSR count). The Hall–Kier alpha value is -0.830. The lowest BCUT2D eigenvalue weighted by Gasteiger charge is -2.55. The molecule has 3 nitrogen and oxygen atoms in total. The topological polar surface area (TPSA) is 35.5 Å². The van der Waals surface area contributed by atoms with Gasteiger partial charge in [0, 0.05) is 18.1 Å². The molecule has 6 atom stereocenters. The highest BCUT2D eigenvalue weighted by molar-refractivity contribution is 5.87. The molecule has 0 aliphatic heterocycles. The van der Waals surface area contributed by atoms with Crippen LogP contribution in [0.15, 0.2) is 12.2 Å². The van der Waals surface area contributed by atoms with Crippen molar-refractivity contribution in [3.63, 3.8) is 0 Å². The Bertz CT molecular complexity index is 511. The Morgan fingerprint density at radius 3 is 2.28 bits per heavy atom. The monoisotopic (exact) mass is 350 g/mol. The van der Waals surface area contributed by atoms with Gasteiger partial charge in [-0.3, -0.25) is 0 Å². The first-order chi connectivity index (χ1) is 11.7. The van der Waals surface area contributed by atoms with Crippen LogP contribution in [0.1, 0.15) is 73.6 Å². The molecule has 144 valence electrons. The maximum absolute atomic E-state index is 12.5. The molecule has 0 N–H and O–H groups in total. The fourth-order valence-corrected chi connectivity index (χ4v) is 6.21. The summed E-state index contributed by atoms with van der Waals surface area (Å²) < 4.78 is 12.2. The van der Waals surface area contributed by atoms with Crippen molar-refractivity contribution in [2.75, 3.05) is 7.11 Å². The molecule has 3 fully saturated rings. The summed E-state index contributed by atoms with van der Waals surface area (Å²) >= 11 is 0. The van der Waals surface area contributed by atoms with E-state index in [1.807, 2.05) is 0 Å². The first-order valence-corrected chi connectivity index (χ1v) is 10.1. The number of methoxy groups -OCH3 is 1. The van der Waals surface area contributed by atoms with Crippen molar-refractivity contribution >= 4 is 5.97 Å². The van der Waals surface area contributed by atoms with Gasteiger partial charge in [0.25, 0.3) is 0 Å². The summed E-state index contributed by atoms with van der Waals surface area (Å²) in [5.74, 6) is 1.38. The summed E-state index contributed by atoms with van der Waals surface area (Å²) in [6.45, 7) is 17.1. The molecule has 0 aromatic heterocycles. The lowest BCUT2D eigenvalue weighted by molar-refractivity contribution is -0.207. The molecule has 0 aromatic rings. The first kappa shape index (κ1) is 20.5. The zero-order chi connectivity index (χ0) is 19.0. The van der Waals surface area contributed by atoms with E-state index in [0.29, 0.717) is 23.3 Å². The van der Waals surface area contributed by atoms with Gasteiger partial charge in [0.15, 0.2) is 0 Å². The standard InChI is InChI=1S/C22H38O3/c1-9-16-13-21(7)11-12-22(15(5)6,17(16)10-2)19(18(21)24-8)25-20(23)14(3)4/h15-19H,3,9-13H2,1-2,4-8H3. The molecule has 2 bridgehead atoms. The van der Waals surface area contributed by atoms with Crippen molar-refractivity contribution in [1.82, 2.24) is 0 Å². The van der Waals surface area contributed by atoms with Crippen molar-refractivity contribution in [2.45, 2.75) is 85.9 Å². The van der Waals surface area contributed by atoms with Crippen LogP contribution in [0.5, 0.6) is 0 Å². The summed E-state index contributed by atoms with van der Waals surface area (Å²) in [6, 6.07) is 0. The Labute approximate surface area is 154 Å². The van der Waals surface area contributed by atoms with Crippen LogP contribution in [-0.4, -0.2) is 25.3 Å². The summed E-state index contributed by atoms with van der Waals surface area (Å²) in [5, 5.41) is 0. The second-order valence-corrected chi connectivity index (χ2v) is 9.07. The average Bonchev–Trinajstić information content (AvgIpc) is 2.74. The minimum Gasteiger partial charge on any atom is -0.456 e. The molecule has 0 heterocycles. The van der Waals surface area contributed by atoms with E-state index in [9.17, 15) is 4.79 Å². The Balaban J connectivity index is 2.62.